The minimum absolute atomic E-state index is 0.00141. The van der Waals surface area contributed by atoms with Crippen molar-refractivity contribution in [2.75, 3.05) is 19.9 Å². The average Bonchev–Trinajstić information content (AvgIpc) is 2.96. The molecule has 0 N–H and O–H groups in total. The molecule has 1 saturated heterocycles. The van der Waals surface area contributed by atoms with Gasteiger partial charge in [0.2, 0.25) is 0 Å². The molecule has 1 aliphatic rings. The summed E-state index contributed by atoms with van der Waals surface area (Å²) in [7, 11) is 0. The summed E-state index contributed by atoms with van der Waals surface area (Å²) in [6, 6.07) is 0. The molecule has 1 heterocycles. The van der Waals surface area contributed by atoms with Gasteiger partial charge in [-0.3, -0.25) is 4.39 Å². The molecule has 1 fully saturated rings. The third kappa shape index (κ3) is 4.47. The van der Waals surface area contributed by atoms with Gasteiger partial charge in [0.05, 0.1) is 26.0 Å². The zero-order chi connectivity index (χ0) is 11.5. The Hall–Kier alpha value is -0.150. The molecule has 0 amide bonds. The molecule has 0 spiro atoms. The summed E-state index contributed by atoms with van der Waals surface area (Å²) in [6.07, 6.45) is 1.39. The Bertz CT molecular complexity index is 190. The first-order valence-electron chi connectivity index (χ1n) is 5.75. The predicted octanol–water partition coefficient (Wildman–Crippen LogP) is 2.81. The van der Waals surface area contributed by atoms with Crippen molar-refractivity contribution in [2.45, 2.75) is 46.3 Å². The summed E-state index contributed by atoms with van der Waals surface area (Å²) in [4.78, 5) is 0. The molecule has 1 aliphatic heterocycles. The first-order chi connectivity index (χ1) is 6.95. The third-order valence-corrected chi connectivity index (χ3v) is 3.35. The van der Waals surface area contributed by atoms with Gasteiger partial charge in [-0.15, -0.1) is 0 Å². The molecule has 3 atom stereocenters. The minimum Gasteiger partial charge on any atom is -0.376 e. The van der Waals surface area contributed by atoms with Gasteiger partial charge < -0.3 is 9.47 Å². The second kappa shape index (κ2) is 5.26. The normalized spacial score (nSPS) is 25.0. The fourth-order valence-corrected chi connectivity index (χ4v) is 1.65. The molecule has 15 heavy (non-hydrogen) atoms. The van der Waals surface area contributed by atoms with E-state index in [1.54, 1.807) is 0 Å². The van der Waals surface area contributed by atoms with Gasteiger partial charge in [0.15, 0.2) is 0 Å². The van der Waals surface area contributed by atoms with Crippen LogP contribution in [0.5, 0.6) is 0 Å². The molecule has 1 rings (SSSR count). The maximum absolute atomic E-state index is 12.6. The Morgan fingerprint density at radius 1 is 1.47 bits per heavy atom. The Morgan fingerprint density at radius 2 is 2.07 bits per heavy atom. The molecule has 0 radical (unpaired) electrons. The van der Waals surface area contributed by atoms with E-state index in [4.69, 9.17) is 9.47 Å². The van der Waals surface area contributed by atoms with E-state index in [2.05, 4.69) is 20.8 Å². The first kappa shape index (κ1) is 12.9. The van der Waals surface area contributed by atoms with Gasteiger partial charge in [0.25, 0.3) is 0 Å². The molecular weight excluding hydrogens is 195 g/mol. The molecule has 0 saturated carbocycles. The van der Waals surface area contributed by atoms with Gasteiger partial charge in [-0.25, -0.2) is 0 Å². The summed E-state index contributed by atoms with van der Waals surface area (Å²) in [5.41, 5.74) is -0.00141. The lowest BCUT2D eigenvalue weighted by molar-refractivity contribution is 0.0113. The monoisotopic (exact) mass is 218 g/mol. The van der Waals surface area contributed by atoms with E-state index in [9.17, 15) is 4.39 Å². The highest BCUT2D eigenvalue weighted by Gasteiger charge is 2.29. The van der Waals surface area contributed by atoms with E-state index in [1.165, 1.54) is 0 Å². The molecule has 3 heteroatoms. The van der Waals surface area contributed by atoms with Crippen LogP contribution >= 0.6 is 0 Å². The molecule has 0 bridgehead atoms. The number of halogens is 1. The van der Waals surface area contributed by atoms with Gasteiger partial charge in [0, 0.05) is 0 Å². The number of rotatable bonds is 7. The number of ether oxygens (including phenoxy) is 2. The predicted molar refractivity (Wildman–Crippen MR) is 58.7 cm³/mol. The summed E-state index contributed by atoms with van der Waals surface area (Å²) in [5, 5.41) is 0. The van der Waals surface area contributed by atoms with Crippen LogP contribution in [0.4, 0.5) is 4.39 Å². The molecule has 2 nitrogen and oxygen atoms in total. The largest absolute Gasteiger partial charge is 0.376 e. The van der Waals surface area contributed by atoms with Gasteiger partial charge in [-0.2, -0.15) is 0 Å². The number of hydrogen-bond acceptors (Lipinski definition) is 2. The highest BCUT2D eigenvalue weighted by Crippen LogP contribution is 2.33. The Labute approximate surface area is 92.1 Å². The molecule has 0 aliphatic carbocycles. The molecule has 3 unspecified atom stereocenters. The molecule has 0 aromatic heterocycles. The van der Waals surface area contributed by atoms with Crippen molar-refractivity contribution in [1.29, 1.82) is 0 Å². The van der Waals surface area contributed by atoms with Crippen LogP contribution in [-0.4, -0.2) is 32.1 Å². The second-order valence-electron chi connectivity index (χ2n) is 5.35. The topological polar surface area (TPSA) is 21.8 Å². The van der Waals surface area contributed by atoms with Crippen LogP contribution in [0.15, 0.2) is 0 Å². The summed E-state index contributed by atoms with van der Waals surface area (Å²) in [5.74, 6) is 0.0840. The van der Waals surface area contributed by atoms with Crippen LogP contribution in [0.2, 0.25) is 0 Å². The lowest BCUT2D eigenvalue weighted by Gasteiger charge is -2.32. The number of alkyl halides is 1. The van der Waals surface area contributed by atoms with Crippen LogP contribution in [0.1, 0.15) is 34.1 Å². The Kier molecular flexibility index (Phi) is 4.53. The Balaban J connectivity index is 2.24. The summed E-state index contributed by atoms with van der Waals surface area (Å²) in [6.45, 7) is 9.46. The second-order valence-corrected chi connectivity index (χ2v) is 5.35. The van der Waals surface area contributed by atoms with Gasteiger partial charge >= 0.3 is 0 Å². The Morgan fingerprint density at radius 3 is 2.53 bits per heavy atom. The van der Waals surface area contributed by atoms with Crippen molar-refractivity contribution in [3.05, 3.63) is 0 Å². The van der Waals surface area contributed by atoms with Gasteiger partial charge in [0.1, 0.15) is 6.10 Å². The SMILES string of the molecule is CC(CC(C)(C)C(C)CF)OCC1CO1. The summed E-state index contributed by atoms with van der Waals surface area (Å²) < 4.78 is 23.3. The van der Waals surface area contributed by atoms with Crippen LogP contribution in [0, 0.1) is 11.3 Å². The van der Waals surface area contributed by atoms with Crippen molar-refractivity contribution in [1.82, 2.24) is 0 Å². The lowest BCUT2D eigenvalue weighted by Crippen LogP contribution is -2.29. The zero-order valence-corrected chi connectivity index (χ0v) is 10.3. The molecule has 0 aromatic rings. The van der Waals surface area contributed by atoms with E-state index in [-0.39, 0.29) is 24.1 Å². The van der Waals surface area contributed by atoms with Crippen molar-refractivity contribution >= 4 is 0 Å². The van der Waals surface area contributed by atoms with E-state index in [1.807, 2.05) is 6.92 Å². The van der Waals surface area contributed by atoms with Crippen molar-refractivity contribution in [2.24, 2.45) is 11.3 Å². The highest BCUT2D eigenvalue weighted by atomic mass is 19.1. The van der Waals surface area contributed by atoms with E-state index in [0.717, 1.165) is 13.0 Å². The molecule has 90 valence electrons. The molecule has 0 aromatic carbocycles. The zero-order valence-electron chi connectivity index (χ0n) is 10.3. The van der Waals surface area contributed by atoms with Crippen LogP contribution < -0.4 is 0 Å². The van der Waals surface area contributed by atoms with Gasteiger partial charge in [-0.1, -0.05) is 20.8 Å². The number of hydrogen-bond donors (Lipinski definition) is 0. The maximum atomic E-state index is 12.6. The smallest absolute Gasteiger partial charge is 0.104 e. The van der Waals surface area contributed by atoms with Crippen molar-refractivity contribution in [3.63, 3.8) is 0 Å². The third-order valence-electron chi connectivity index (χ3n) is 3.35. The fraction of sp³-hybridized carbons (Fsp3) is 1.00. The number of epoxide rings is 1. The summed E-state index contributed by atoms with van der Waals surface area (Å²) >= 11 is 0. The molecular formula is C12H23FO2. The lowest BCUT2D eigenvalue weighted by atomic mass is 9.76. The van der Waals surface area contributed by atoms with E-state index < -0.39 is 0 Å². The first-order valence-corrected chi connectivity index (χ1v) is 5.75. The van der Waals surface area contributed by atoms with Crippen LogP contribution in [0.3, 0.4) is 0 Å². The maximum Gasteiger partial charge on any atom is 0.104 e. The van der Waals surface area contributed by atoms with Gasteiger partial charge in [-0.05, 0) is 24.7 Å². The standard InChI is InChI=1S/C12H23FO2/c1-9(6-13)12(3,4)5-10(2)14-7-11-8-15-11/h9-11H,5-8H2,1-4H3. The van der Waals surface area contributed by atoms with E-state index in [0.29, 0.717) is 12.7 Å². The fourth-order valence-electron chi connectivity index (χ4n) is 1.65. The average molecular weight is 218 g/mol. The van der Waals surface area contributed by atoms with Crippen molar-refractivity contribution < 1.29 is 13.9 Å². The van der Waals surface area contributed by atoms with Crippen molar-refractivity contribution in [3.8, 4) is 0 Å². The van der Waals surface area contributed by atoms with Crippen LogP contribution in [0.25, 0.3) is 0 Å². The minimum atomic E-state index is -0.258. The van der Waals surface area contributed by atoms with Crippen LogP contribution in [-0.2, 0) is 9.47 Å². The van der Waals surface area contributed by atoms with E-state index >= 15 is 0 Å². The highest BCUT2D eigenvalue weighted by molar-refractivity contribution is 4.78. The quantitative estimate of drug-likeness (QED) is 0.613.